The van der Waals surface area contributed by atoms with Crippen molar-refractivity contribution in [3.05, 3.63) is 16.1 Å². The number of halogens is 3. The zero-order valence-corrected chi connectivity index (χ0v) is 14.2. The first-order chi connectivity index (χ1) is 10.9. The Kier molecular flexibility index (Phi) is 6.26. The van der Waals surface area contributed by atoms with Crippen LogP contribution < -0.4 is 10.6 Å². The molecule has 130 valence electrons. The second kappa shape index (κ2) is 7.99. The van der Waals surface area contributed by atoms with E-state index in [0.29, 0.717) is 30.0 Å². The molecule has 1 heterocycles. The summed E-state index contributed by atoms with van der Waals surface area (Å²) in [4.78, 5) is 7.80. The van der Waals surface area contributed by atoms with Crippen LogP contribution in [0.25, 0.3) is 0 Å². The predicted octanol–water partition coefficient (Wildman–Crippen LogP) is 3.45. The number of rotatable bonds is 4. The van der Waals surface area contributed by atoms with Crippen LogP contribution in [0.3, 0.4) is 0 Å². The Hall–Kier alpha value is -1.31. The van der Waals surface area contributed by atoms with Crippen molar-refractivity contribution in [2.45, 2.75) is 51.2 Å². The van der Waals surface area contributed by atoms with Crippen LogP contribution >= 0.6 is 11.3 Å². The Balaban J connectivity index is 1.76. The Morgan fingerprint density at radius 3 is 2.83 bits per heavy atom. The maximum absolute atomic E-state index is 12.5. The molecule has 0 radical (unpaired) electrons. The second-order valence-electron chi connectivity index (χ2n) is 5.99. The van der Waals surface area contributed by atoms with Gasteiger partial charge >= 0.3 is 6.18 Å². The summed E-state index contributed by atoms with van der Waals surface area (Å²) < 4.78 is 37.5. The van der Waals surface area contributed by atoms with E-state index in [4.69, 9.17) is 0 Å². The maximum Gasteiger partial charge on any atom is 0.434 e. The highest BCUT2D eigenvalue weighted by atomic mass is 32.1. The van der Waals surface area contributed by atoms with Crippen LogP contribution in [0.4, 0.5) is 13.2 Å². The second-order valence-corrected chi connectivity index (χ2v) is 6.93. The summed E-state index contributed by atoms with van der Waals surface area (Å²) >= 11 is 1.04. The SMILES string of the molecule is CN=C(NCCc1nc(C(F)(F)F)cs1)NC1CCCC(C)C1. The number of nitrogens with zero attached hydrogens (tertiary/aromatic N) is 2. The molecule has 8 heteroatoms. The minimum absolute atomic E-state index is 0.418. The summed E-state index contributed by atoms with van der Waals surface area (Å²) in [7, 11) is 1.70. The molecule has 4 nitrogen and oxygen atoms in total. The number of aromatic nitrogens is 1. The van der Waals surface area contributed by atoms with Crippen molar-refractivity contribution in [3.63, 3.8) is 0 Å². The van der Waals surface area contributed by atoms with E-state index in [0.717, 1.165) is 35.5 Å². The lowest BCUT2D eigenvalue weighted by atomic mass is 9.87. The van der Waals surface area contributed by atoms with Crippen molar-refractivity contribution >= 4 is 17.3 Å². The molecule has 2 unspecified atom stereocenters. The Morgan fingerprint density at radius 1 is 1.43 bits per heavy atom. The van der Waals surface area contributed by atoms with Gasteiger partial charge in [0.1, 0.15) is 0 Å². The first kappa shape index (κ1) is 18.0. The molecule has 2 N–H and O–H groups in total. The van der Waals surface area contributed by atoms with Gasteiger partial charge in [-0.1, -0.05) is 19.8 Å². The Bertz CT molecular complexity index is 527. The first-order valence-corrected chi connectivity index (χ1v) is 8.75. The third-order valence-corrected chi connectivity index (χ3v) is 4.88. The molecule has 23 heavy (non-hydrogen) atoms. The summed E-state index contributed by atoms with van der Waals surface area (Å²) in [5.74, 6) is 1.42. The van der Waals surface area contributed by atoms with Crippen LogP contribution in [0, 0.1) is 5.92 Å². The summed E-state index contributed by atoms with van der Waals surface area (Å²) in [5, 5.41) is 8.09. The van der Waals surface area contributed by atoms with Gasteiger partial charge in [-0.25, -0.2) is 4.98 Å². The molecule has 0 bridgehead atoms. The molecule has 0 aliphatic heterocycles. The van der Waals surface area contributed by atoms with E-state index in [1.807, 2.05) is 0 Å². The largest absolute Gasteiger partial charge is 0.434 e. The van der Waals surface area contributed by atoms with E-state index in [1.165, 1.54) is 12.8 Å². The van der Waals surface area contributed by atoms with Crippen molar-refractivity contribution in [2.24, 2.45) is 10.9 Å². The van der Waals surface area contributed by atoms with Crippen molar-refractivity contribution in [1.82, 2.24) is 15.6 Å². The number of alkyl halides is 3. The molecule has 0 saturated heterocycles. The van der Waals surface area contributed by atoms with Gasteiger partial charge in [-0.15, -0.1) is 11.3 Å². The standard InChI is InChI=1S/C15H23F3N4S/c1-10-4-3-5-11(8-10)21-14(19-2)20-7-6-13-22-12(9-23-13)15(16,17)18/h9-11H,3-8H2,1-2H3,(H2,19,20,21). The van der Waals surface area contributed by atoms with Crippen LogP contribution in [0.5, 0.6) is 0 Å². The van der Waals surface area contributed by atoms with Crippen molar-refractivity contribution in [1.29, 1.82) is 0 Å². The molecule has 2 atom stereocenters. The maximum atomic E-state index is 12.5. The van der Waals surface area contributed by atoms with Gasteiger partial charge in [0.25, 0.3) is 0 Å². The number of guanidine groups is 1. The van der Waals surface area contributed by atoms with Crippen LogP contribution in [-0.4, -0.2) is 30.6 Å². The number of hydrogen-bond acceptors (Lipinski definition) is 3. The lowest BCUT2D eigenvalue weighted by Gasteiger charge is -2.28. The molecule has 1 aromatic heterocycles. The van der Waals surface area contributed by atoms with Gasteiger partial charge in [0, 0.05) is 31.4 Å². The minimum atomic E-state index is -4.36. The van der Waals surface area contributed by atoms with Crippen LogP contribution in [0.2, 0.25) is 0 Å². The molecule has 2 rings (SSSR count). The highest BCUT2D eigenvalue weighted by Gasteiger charge is 2.33. The average molecular weight is 348 g/mol. The lowest BCUT2D eigenvalue weighted by Crippen LogP contribution is -2.45. The van der Waals surface area contributed by atoms with Gasteiger partial charge in [0.15, 0.2) is 11.7 Å². The van der Waals surface area contributed by atoms with Crippen LogP contribution in [0.1, 0.15) is 43.3 Å². The zero-order valence-electron chi connectivity index (χ0n) is 13.4. The number of aliphatic imine (C=N–C) groups is 1. The summed E-state index contributed by atoms with van der Waals surface area (Å²) in [6, 6.07) is 0.418. The quantitative estimate of drug-likeness (QED) is 0.647. The number of thiazole rings is 1. The fraction of sp³-hybridized carbons (Fsp3) is 0.733. The fourth-order valence-corrected chi connectivity index (χ4v) is 3.60. The third kappa shape index (κ3) is 5.67. The minimum Gasteiger partial charge on any atom is -0.356 e. The average Bonchev–Trinajstić information content (AvgIpc) is 2.95. The van der Waals surface area contributed by atoms with Crippen molar-refractivity contribution < 1.29 is 13.2 Å². The van der Waals surface area contributed by atoms with Crippen LogP contribution in [-0.2, 0) is 12.6 Å². The molecule has 0 aromatic carbocycles. The van der Waals surface area contributed by atoms with E-state index >= 15 is 0 Å². The van der Waals surface area contributed by atoms with Gasteiger partial charge in [-0.05, 0) is 18.8 Å². The number of nitrogens with one attached hydrogen (secondary N) is 2. The molecule has 1 aliphatic carbocycles. The molecule has 1 fully saturated rings. The van der Waals surface area contributed by atoms with Gasteiger partial charge in [-0.2, -0.15) is 13.2 Å². The smallest absolute Gasteiger partial charge is 0.356 e. The van der Waals surface area contributed by atoms with Crippen molar-refractivity contribution in [3.8, 4) is 0 Å². The molecule has 1 saturated carbocycles. The third-order valence-electron chi connectivity index (χ3n) is 3.97. The zero-order chi connectivity index (χ0) is 16.9. The normalized spacial score (nSPS) is 22.9. The lowest BCUT2D eigenvalue weighted by molar-refractivity contribution is -0.140. The summed E-state index contributed by atoms with van der Waals surface area (Å²) in [6.45, 7) is 2.76. The van der Waals surface area contributed by atoms with E-state index in [-0.39, 0.29) is 0 Å². The Morgan fingerprint density at radius 2 is 2.22 bits per heavy atom. The van der Waals surface area contributed by atoms with Gasteiger partial charge in [0.05, 0.1) is 5.01 Å². The van der Waals surface area contributed by atoms with Crippen molar-refractivity contribution in [2.75, 3.05) is 13.6 Å². The van der Waals surface area contributed by atoms with Gasteiger partial charge in [0.2, 0.25) is 0 Å². The number of hydrogen-bond donors (Lipinski definition) is 2. The van der Waals surface area contributed by atoms with Gasteiger partial charge < -0.3 is 10.6 Å². The molecular formula is C15H23F3N4S. The molecular weight excluding hydrogens is 325 g/mol. The Labute approximate surface area is 138 Å². The van der Waals surface area contributed by atoms with Gasteiger partial charge in [-0.3, -0.25) is 4.99 Å². The highest BCUT2D eigenvalue weighted by molar-refractivity contribution is 7.09. The summed E-state index contributed by atoms with van der Waals surface area (Å²) in [5.41, 5.74) is -0.809. The molecule has 0 spiro atoms. The van der Waals surface area contributed by atoms with E-state index in [1.54, 1.807) is 7.05 Å². The molecule has 1 aromatic rings. The molecule has 0 amide bonds. The monoisotopic (exact) mass is 348 g/mol. The van der Waals surface area contributed by atoms with E-state index in [2.05, 4.69) is 27.5 Å². The fourth-order valence-electron chi connectivity index (χ4n) is 2.80. The first-order valence-electron chi connectivity index (χ1n) is 7.87. The van der Waals surface area contributed by atoms with E-state index in [9.17, 15) is 13.2 Å². The van der Waals surface area contributed by atoms with E-state index < -0.39 is 11.9 Å². The summed E-state index contributed by atoms with van der Waals surface area (Å²) in [6.07, 6.45) is 0.833. The topological polar surface area (TPSA) is 49.3 Å². The molecule has 1 aliphatic rings. The predicted molar refractivity (Wildman–Crippen MR) is 86.7 cm³/mol. The highest BCUT2D eigenvalue weighted by Crippen LogP contribution is 2.30. The van der Waals surface area contributed by atoms with Crippen LogP contribution in [0.15, 0.2) is 10.4 Å².